The second-order valence-corrected chi connectivity index (χ2v) is 10.6. The Morgan fingerprint density at radius 2 is 1.97 bits per heavy atom. The quantitative estimate of drug-likeness (QED) is 0.580. The van der Waals surface area contributed by atoms with E-state index in [1.807, 2.05) is 12.1 Å². The first kappa shape index (κ1) is 24.5. The standard InChI is InChI=1S/C22H28BrN3O5S/c1-5-31-22(28)19-14(2)25(4)15(3)20(19)32(29,30)26-11-7-8-16(13-26)21(27)24-18-10-6-9-17(23)12-18/h6,9-10,12,16H,5,7-8,11,13H2,1-4H3,(H,24,27). The van der Waals surface area contributed by atoms with E-state index in [2.05, 4.69) is 21.2 Å². The van der Waals surface area contributed by atoms with Crippen LogP contribution in [0, 0.1) is 19.8 Å². The van der Waals surface area contributed by atoms with Gasteiger partial charge in [0.15, 0.2) is 0 Å². The van der Waals surface area contributed by atoms with Crippen molar-refractivity contribution in [2.45, 2.75) is 38.5 Å². The first-order valence-corrected chi connectivity index (χ1v) is 12.7. The summed E-state index contributed by atoms with van der Waals surface area (Å²) >= 11 is 3.38. The number of halogens is 1. The molecule has 0 aliphatic carbocycles. The van der Waals surface area contributed by atoms with Crippen molar-refractivity contribution in [1.29, 1.82) is 0 Å². The highest BCUT2D eigenvalue weighted by molar-refractivity contribution is 9.10. The number of piperidine rings is 1. The number of hydrogen-bond donors (Lipinski definition) is 1. The molecule has 8 nitrogen and oxygen atoms in total. The number of sulfonamides is 1. The van der Waals surface area contributed by atoms with Crippen molar-refractivity contribution in [1.82, 2.24) is 8.87 Å². The molecule has 0 spiro atoms. The molecule has 1 aromatic carbocycles. The van der Waals surface area contributed by atoms with Crippen molar-refractivity contribution in [3.8, 4) is 0 Å². The molecule has 0 radical (unpaired) electrons. The zero-order chi connectivity index (χ0) is 23.6. The number of esters is 1. The molecule has 0 saturated carbocycles. The van der Waals surface area contributed by atoms with E-state index >= 15 is 0 Å². The molecule has 1 saturated heterocycles. The Hall–Kier alpha value is -2.17. The van der Waals surface area contributed by atoms with E-state index in [4.69, 9.17) is 4.74 Å². The number of carbonyl (C=O) groups is 2. The maximum atomic E-state index is 13.6. The fourth-order valence-corrected chi connectivity index (χ4v) is 6.39. The summed E-state index contributed by atoms with van der Waals surface area (Å²) in [6.45, 7) is 5.53. The summed E-state index contributed by atoms with van der Waals surface area (Å²) in [6, 6.07) is 7.24. The summed E-state index contributed by atoms with van der Waals surface area (Å²) in [4.78, 5) is 25.4. The third kappa shape index (κ3) is 4.77. The van der Waals surface area contributed by atoms with Gasteiger partial charge in [0.1, 0.15) is 10.5 Å². The molecule has 1 N–H and O–H groups in total. The van der Waals surface area contributed by atoms with Gasteiger partial charge >= 0.3 is 5.97 Å². The van der Waals surface area contributed by atoms with E-state index in [0.29, 0.717) is 36.5 Å². The van der Waals surface area contributed by atoms with Gasteiger partial charge in [0, 0.05) is 41.7 Å². The summed E-state index contributed by atoms with van der Waals surface area (Å²) in [6.07, 6.45) is 1.14. The fraction of sp³-hybridized carbons (Fsp3) is 0.455. The Morgan fingerprint density at radius 1 is 1.25 bits per heavy atom. The van der Waals surface area contributed by atoms with Crippen molar-refractivity contribution >= 4 is 43.5 Å². The normalized spacial score (nSPS) is 17.2. The predicted molar refractivity (Wildman–Crippen MR) is 125 cm³/mol. The minimum atomic E-state index is -4.01. The van der Waals surface area contributed by atoms with Crippen molar-refractivity contribution < 1.29 is 22.7 Å². The van der Waals surface area contributed by atoms with Gasteiger partial charge in [0.25, 0.3) is 0 Å². The summed E-state index contributed by atoms with van der Waals surface area (Å²) in [5.41, 5.74) is 1.70. The molecule has 1 atom stereocenters. The molecular weight excluding hydrogens is 498 g/mol. The van der Waals surface area contributed by atoms with Crippen LogP contribution in [0.3, 0.4) is 0 Å². The van der Waals surface area contributed by atoms with Crippen LogP contribution in [0.4, 0.5) is 5.69 Å². The van der Waals surface area contributed by atoms with E-state index in [0.717, 1.165) is 4.47 Å². The number of nitrogens with one attached hydrogen (secondary N) is 1. The highest BCUT2D eigenvalue weighted by atomic mass is 79.9. The van der Waals surface area contributed by atoms with Gasteiger partial charge in [-0.2, -0.15) is 4.31 Å². The lowest BCUT2D eigenvalue weighted by atomic mass is 9.99. The van der Waals surface area contributed by atoms with Gasteiger partial charge in [0.2, 0.25) is 15.9 Å². The lowest BCUT2D eigenvalue weighted by molar-refractivity contribution is -0.120. The van der Waals surface area contributed by atoms with Crippen LogP contribution >= 0.6 is 15.9 Å². The number of aromatic nitrogens is 1. The monoisotopic (exact) mass is 525 g/mol. The van der Waals surface area contributed by atoms with Gasteiger partial charge in [-0.3, -0.25) is 4.79 Å². The first-order valence-electron chi connectivity index (χ1n) is 10.5. The molecule has 10 heteroatoms. The van der Waals surface area contributed by atoms with Crippen LogP contribution in [-0.2, 0) is 26.6 Å². The Bertz CT molecular complexity index is 1140. The van der Waals surface area contributed by atoms with Gasteiger partial charge in [-0.25, -0.2) is 13.2 Å². The molecular formula is C22H28BrN3O5S. The fourth-order valence-electron chi connectivity index (χ4n) is 3.99. The highest BCUT2D eigenvalue weighted by Gasteiger charge is 2.39. The molecule has 2 heterocycles. The number of amides is 1. The minimum Gasteiger partial charge on any atom is -0.462 e. The Kier molecular flexibility index (Phi) is 7.46. The molecule has 174 valence electrons. The highest BCUT2D eigenvalue weighted by Crippen LogP contribution is 2.32. The molecule has 1 aliphatic rings. The van der Waals surface area contributed by atoms with E-state index in [9.17, 15) is 18.0 Å². The number of benzene rings is 1. The summed E-state index contributed by atoms with van der Waals surface area (Å²) in [7, 11) is -2.29. The third-order valence-corrected chi connectivity index (χ3v) is 8.37. The predicted octanol–water partition coefficient (Wildman–Crippen LogP) is 3.62. The Labute approximate surface area is 197 Å². The van der Waals surface area contributed by atoms with Crippen molar-refractivity contribution in [2.75, 3.05) is 25.0 Å². The van der Waals surface area contributed by atoms with Gasteiger partial charge in [-0.1, -0.05) is 22.0 Å². The van der Waals surface area contributed by atoms with Crippen LogP contribution in [0.25, 0.3) is 0 Å². The lowest BCUT2D eigenvalue weighted by Crippen LogP contribution is -2.44. The molecule has 1 aliphatic heterocycles. The number of ether oxygens (including phenoxy) is 1. The zero-order valence-corrected chi connectivity index (χ0v) is 21.0. The van der Waals surface area contributed by atoms with Gasteiger partial charge in [0.05, 0.1) is 12.5 Å². The molecule has 1 aromatic heterocycles. The number of carbonyl (C=O) groups excluding carboxylic acids is 2. The van der Waals surface area contributed by atoms with E-state index in [1.165, 1.54) is 4.31 Å². The summed E-state index contributed by atoms with van der Waals surface area (Å²) in [5.74, 6) is -1.38. The van der Waals surface area contributed by atoms with Crippen LogP contribution in [0.15, 0.2) is 33.6 Å². The van der Waals surface area contributed by atoms with Crippen molar-refractivity contribution in [3.05, 3.63) is 45.7 Å². The van der Waals surface area contributed by atoms with Crippen molar-refractivity contribution in [2.24, 2.45) is 13.0 Å². The maximum Gasteiger partial charge on any atom is 0.341 e. The molecule has 32 heavy (non-hydrogen) atoms. The average molecular weight is 526 g/mol. The number of hydrogen-bond acceptors (Lipinski definition) is 5. The summed E-state index contributed by atoms with van der Waals surface area (Å²) in [5, 5.41) is 2.87. The second-order valence-electron chi connectivity index (χ2n) is 7.86. The SMILES string of the molecule is CCOC(=O)c1c(S(=O)(=O)N2CCCC(C(=O)Nc3cccc(Br)c3)C2)c(C)n(C)c1C. The molecule has 1 fully saturated rings. The van der Waals surface area contributed by atoms with E-state index < -0.39 is 21.9 Å². The molecule has 3 rings (SSSR count). The van der Waals surface area contributed by atoms with E-state index in [1.54, 1.807) is 44.5 Å². The molecule has 1 unspecified atom stereocenters. The minimum absolute atomic E-state index is 0.0380. The number of nitrogens with zero attached hydrogens (tertiary/aromatic N) is 2. The topological polar surface area (TPSA) is 97.7 Å². The summed E-state index contributed by atoms with van der Waals surface area (Å²) < 4.78 is 36.2. The smallest absolute Gasteiger partial charge is 0.341 e. The maximum absolute atomic E-state index is 13.6. The largest absolute Gasteiger partial charge is 0.462 e. The Morgan fingerprint density at radius 3 is 2.62 bits per heavy atom. The van der Waals surface area contributed by atoms with Gasteiger partial charge in [-0.05, 0) is 51.8 Å². The van der Waals surface area contributed by atoms with Gasteiger partial charge in [-0.15, -0.1) is 0 Å². The third-order valence-electron chi connectivity index (χ3n) is 5.85. The van der Waals surface area contributed by atoms with Crippen LogP contribution < -0.4 is 5.32 Å². The number of rotatable bonds is 6. The van der Waals surface area contributed by atoms with Crippen LogP contribution in [0.5, 0.6) is 0 Å². The van der Waals surface area contributed by atoms with Crippen LogP contribution in [0.2, 0.25) is 0 Å². The van der Waals surface area contributed by atoms with Crippen molar-refractivity contribution in [3.63, 3.8) is 0 Å². The lowest BCUT2D eigenvalue weighted by Gasteiger charge is -2.31. The zero-order valence-electron chi connectivity index (χ0n) is 18.6. The second kappa shape index (κ2) is 9.76. The molecule has 1 amide bonds. The van der Waals surface area contributed by atoms with Gasteiger partial charge < -0.3 is 14.6 Å². The molecule has 0 bridgehead atoms. The Balaban J connectivity index is 1.88. The molecule has 2 aromatic rings. The number of anilines is 1. The van der Waals surface area contributed by atoms with Crippen LogP contribution in [0.1, 0.15) is 41.5 Å². The van der Waals surface area contributed by atoms with Crippen LogP contribution in [-0.4, -0.2) is 48.9 Å². The first-order chi connectivity index (χ1) is 15.1. The average Bonchev–Trinajstić information content (AvgIpc) is 2.98. The van der Waals surface area contributed by atoms with E-state index in [-0.39, 0.29) is 29.5 Å².